The lowest BCUT2D eigenvalue weighted by atomic mass is 10.1. The van der Waals surface area contributed by atoms with Gasteiger partial charge < -0.3 is 15.8 Å². The van der Waals surface area contributed by atoms with Gasteiger partial charge >= 0.3 is 0 Å². The van der Waals surface area contributed by atoms with Gasteiger partial charge in [0.1, 0.15) is 6.04 Å². The largest absolute Gasteiger partial charge is 0.374 e. The monoisotopic (exact) mass is 430 g/mol. The van der Waals surface area contributed by atoms with Crippen LogP contribution < -0.4 is 11.1 Å². The molecule has 0 saturated heterocycles. The summed E-state index contributed by atoms with van der Waals surface area (Å²) in [6, 6.07) is 19.1. The van der Waals surface area contributed by atoms with Crippen LogP contribution in [-0.2, 0) is 22.7 Å². The van der Waals surface area contributed by atoms with Gasteiger partial charge in [-0.25, -0.2) is 4.68 Å². The number of hydrogen-bond donors (Lipinski definition) is 2. The topological polar surface area (TPSA) is 108 Å². The highest BCUT2D eigenvalue weighted by Crippen LogP contribution is 2.14. The predicted octanol–water partition coefficient (Wildman–Crippen LogP) is 2.25. The van der Waals surface area contributed by atoms with Gasteiger partial charge in [0.05, 0.1) is 25.3 Å². The molecule has 9 heteroatoms. The fourth-order valence-electron chi connectivity index (χ4n) is 2.72. The van der Waals surface area contributed by atoms with Gasteiger partial charge in [-0.1, -0.05) is 60.7 Å². The number of carbonyl (C=O) groups excluding carboxylic acids is 1. The number of benzene rings is 2. The molecule has 0 aliphatic heterocycles. The summed E-state index contributed by atoms with van der Waals surface area (Å²) in [5.74, 6) is 0.208. The second kappa shape index (κ2) is 10.8. The lowest BCUT2D eigenvalue weighted by molar-refractivity contribution is -0.126. The molecule has 30 heavy (non-hydrogen) atoms. The van der Waals surface area contributed by atoms with Gasteiger partial charge in [-0.15, -0.1) is 17.5 Å². The Morgan fingerprint density at radius 2 is 1.70 bits per heavy atom. The van der Waals surface area contributed by atoms with Crippen LogP contribution in [0.4, 0.5) is 0 Å². The van der Waals surface area contributed by atoms with E-state index in [1.54, 1.807) is 18.5 Å². The minimum atomic E-state index is -1.03. The number of halogens is 1. The molecule has 1 heterocycles. The zero-order valence-corrected chi connectivity index (χ0v) is 17.9. The molecule has 0 aliphatic carbocycles. The number of ether oxygens (including phenoxy) is 1. The molecule has 0 bridgehead atoms. The Hall–Kier alpha value is -2.81. The molecule has 0 spiro atoms. The number of carbonyl (C=O) groups is 1. The third-order valence-electron chi connectivity index (χ3n) is 4.33. The van der Waals surface area contributed by atoms with E-state index in [0.717, 1.165) is 11.1 Å². The van der Waals surface area contributed by atoms with Crippen molar-refractivity contribution in [3.8, 4) is 0 Å². The van der Waals surface area contributed by atoms with Crippen LogP contribution in [-0.4, -0.2) is 38.3 Å². The normalized spacial score (nSPS) is 12.1. The number of hydrogen-bond acceptors (Lipinski definition) is 6. The maximum atomic E-state index is 12.5. The Kier molecular flexibility index (Phi) is 8.46. The smallest absolute Gasteiger partial charge is 0.240 e. The molecule has 1 aromatic heterocycles. The van der Waals surface area contributed by atoms with E-state index in [1.807, 2.05) is 60.7 Å². The van der Waals surface area contributed by atoms with Crippen LogP contribution in [0.3, 0.4) is 0 Å². The van der Waals surface area contributed by atoms with E-state index in [4.69, 9.17) is 10.5 Å². The molecule has 0 radical (unpaired) electrons. The summed E-state index contributed by atoms with van der Waals surface area (Å²) in [4.78, 5) is 12.5. The summed E-state index contributed by atoms with van der Waals surface area (Å²) in [6.45, 7) is 4.42. The molecule has 0 aliphatic rings. The lowest BCUT2D eigenvalue weighted by Gasteiger charge is -2.23. The van der Waals surface area contributed by atoms with Gasteiger partial charge in [-0.3, -0.25) is 4.79 Å². The number of rotatable bonds is 9. The number of nitrogens with two attached hydrogens (primary N) is 1. The van der Waals surface area contributed by atoms with Crippen molar-refractivity contribution in [1.82, 2.24) is 25.5 Å². The zero-order valence-electron chi connectivity index (χ0n) is 17.1. The standard InChI is InChI=1S/C21H26N6O2.ClH/c1-21(2,22)20(28)23-18(15-29-14-17-11-7-4-8-12-17)19-24-25-26-27(19)13-16-9-5-3-6-10-16;/h3-12,18H,13-15,22H2,1-2H3,(H,23,28);1H/t18-;/m1./s1. The van der Waals surface area contributed by atoms with E-state index < -0.39 is 11.6 Å². The third-order valence-corrected chi connectivity index (χ3v) is 4.33. The van der Waals surface area contributed by atoms with Crippen LogP contribution in [0.5, 0.6) is 0 Å². The highest BCUT2D eigenvalue weighted by molar-refractivity contribution is 5.85. The number of amides is 1. The average molecular weight is 431 g/mol. The summed E-state index contributed by atoms with van der Waals surface area (Å²) in [5, 5.41) is 14.9. The van der Waals surface area contributed by atoms with Gasteiger partial charge in [0, 0.05) is 0 Å². The lowest BCUT2D eigenvalue weighted by Crippen LogP contribution is -2.51. The van der Waals surface area contributed by atoms with Crippen molar-refractivity contribution in [2.45, 2.75) is 38.6 Å². The molecule has 2 aromatic carbocycles. The first-order chi connectivity index (χ1) is 13.9. The minimum absolute atomic E-state index is 0. The summed E-state index contributed by atoms with van der Waals surface area (Å²) < 4.78 is 7.52. The average Bonchev–Trinajstić information content (AvgIpc) is 3.16. The SMILES string of the molecule is CC(C)(N)C(=O)N[C@H](COCc1ccccc1)c1nnnn1Cc1ccccc1.Cl. The van der Waals surface area contributed by atoms with Crippen molar-refractivity contribution in [1.29, 1.82) is 0 Å². The quantitative estimate of drug-likeness (QED) is 0.539. The molecular formula is C21H27ClN6O2. The molecule has 8 nitrogen and oxygen atoms in total. The first-order valence-electron chi connectivity index (χ1n) is 9.45. The van der Waals surface area contributed by atoms with Gasteiger partial charge in [0.2, 0.25) is 5.91 Å². The Morgan fingerprint density at radius 3 is 2.30 bits per heavy atom. The van der Waals surface area contributed by atoms with E-state index in [-0.39, 0.29) is 24.9 Å². The van der Waals surface area contributed by atoms with Crippen molar-refractivity contribution in [2.75, 3.05) is 6.61 Å². The fourth-order valence-corrected chi connectivity index (χ4v) is 2.72. The molecule has 160 valence electrons. The van der Waals surface area contributed by atoms with Crippen molar-refractivity contribution >= 4 is 18.3 Å². The molecular weight excluding hydrogens is 404 g/mol. The molecule has 1 atom stereocenters. The van der Waals surface area contributed by atoms with E-state index >= 15 is 0 Å². The van der Waals surface area contributed by atoms with E-state index in [2.05, 4.69) is 20.8 Å². The predicted molar refractivity (Wildman–Crippen MR) is 116 cm³/mol. The first kappa shape index (κ1) is 23.5. The minimum Gasteiger partial charge on any atom is -0.374 e. The van der Waals surface area contributed by atoms with E-state index in [9.17, 15) is 4.79 Å². The van der Waals surface area contributed by atoms with E-state index in [0.29, 0.717) is 19.0 Å². The third kappa shape index (κ3) is 6.62. The number of nitrogens with one attached hydrogen (secondary N) is 1. The number of aromatic nitrogens is 4. The first-order valence-corrected chi connectivity index (χ1v) is 9.45. The van der Waals surface area contributed by atoms with Gasteiger partial charge in [0.15, 0.2) is 5.82 Å². The van der Waals surface area contributed by atoms with Crippen LogP contribution in [0, 0.1) is 0 Å². The maximum Gasteiger partial charge on any atom is 0.240 e. The summed E-state index contributed by atoms with van der Waals surface area (Å²) >= 11 is 0. The maximum absolute atomic E-state index is 12.5. The Bertz CT molecular complexity index is 912. The molecule has 3 rings (SSSR count). The van der Waals surface area contributed by atoms with Crippen molar-refractivity contribution < 1.29 is 9.53 Å². The van der Waals surface area contributed by atoms with Crippen LogP contribution >= 0.6 is 12.4 Å². The van der Waals surface area contributed by atoms with Crippen LogP contribution in [0.2, 0.25) is 0 Å². The van der Waals surface area contributed by atoms with Crippen LogP contribution in [0.1, 0.15) is 36.8 Å². The van der Waals surface area contributed by atoms with Crippen molar-refractivity contribution in [3.05, 3.63) is 77.6 Å². The van der Waals surface area contributed by atoms with Crippen molar-refractivity contribution in [2.24, 2.45) is 5.73 Å². The summed E-state index contributed by atoms with van der Waals surface area (Å²) in [7, 11) is 0. The number of nitrogens with zero attached hydrogens (tertiary/aromatic N) is 4. The summed E-state index contributed by atoms with van der Waals surface area (Å²) in [6.07, 6.45) is 0. The van der Waals surface area contributed by atoms with Gasteiger partial charge in [-0.05, 0) is 35.4 Å². The molecule has 0 fully saturated rings. The highest BCUT2D eigenvalue weighted by atomic mass is 35.5. The number of tetrazole rings is 1. The van der Waals surface area contributed by atoms with Crippen LogP contribution in [0.25, 0.3) is 0 Å². The highest BCUT2D eigenvalue weighted by Gasteiger charge is 2.28. The Morgan fingerprint density at radius 1 is 1.10 bits per heavy atom. The molecule has 3 aromatic rings. The summed E-state index contributed by atoms with van der Waals surface area (Å²) in [5.41, 5.74) is 7.01. The second-order valence-corrected chi connectivity index (χ2v) is 7.43. The Labute approximate surface area is 182 Å². The Balaban J connectivity index is 0.00000320. The molecule has 1 amide bonds. The molecule has 0 saturated carbocycles. The second-order valence-electron chi connectivity index (χ2n) is 7.43. The van der Waals surface area contributed by atoms with Gasteiger partial charge in [-0.2, -0.15) is 0 Å². The van der Waals surface area contributed by atoms with E-state index in [1.165, 1.54) is 0 Å². The fraction of sp³-hybridized carbons (Fsp3) is 0.333. The van der Waals surface area contributed by atoms with Gasteiger partial charge in [0.25, 0.3) is 0 Å². The molecule has 3 N–H and O–H groups in total. The van der Waals surface area contributed by atoms with Crippen molar-refractivity contribution in [3.63, 3.8) is 0 Å². The molecule has 0 unspecified atom stereocenters. The zero-order chi connectivity index (χ0) is 20.7. The van der Waals surface area contributed by atoms with Crippen LogP contribution in [0.15, 0.2) is 60.7 Å².